The van der Waals surface area contributed by atoms with Crippen LogP contribution in [0, 0.1) is 13.8 Å². The van der Waals surface area contributed by atoms with Gasteiger partial charge in [0, 0.05) is 0 Å². The van der Waals surface area contributed by atoms with Crippen molar-refractivity contribution < 1.29 is 0 Å². The van der Waals surface area contributed by atoms with E-state index in [4.69, 9.17) is 0 Å². The highest BCUT2D eigenvalue weighted by Crippen LogP contribution is 2.02. The summed E-state index contributed by atoms with van der Waals surface area (Å²) in [6, 6.07) is 8.45. The Hall–Kier alpha value is -0.780. The van der Waals surface area contributed by atoms with Crippen LogP contribution < -0.4 is 0 Å². The molecule has 0 amide bonds. The molecule has 0 aliphatic heterocycles. The third-order valence-electron chi connectivity index (χ3n) is 1.41. The SMILES string of the molecule is [CH2-]Cc1ccc(C)cc1. The molecule has 0 spiro atoms. The van der Waals surface area contributed by atoms with Crippen molar-refractivity contribution in [2.45, 2.75) is 13.3 Å². The van der Waals surface area contributed by atoms with Crippen LogP contribution in [0.15, 0.2) is 24.3 Å². The second-order valence-corrected chi connectivity index (χ2v) is 2.24. The van der Waals surface area contributed by atoms with E-state index in [1.807, 2.05) is 0 Å². The Morgan fingerprint density at radius 2 is 1.78 bits per heavy atom. The summed E-state index contributed by atoms with van der Waals surface area (Å²) >= 11 is 0. The van der Waals surface area contributed by atoms with E-state index < -0.39 is 0 Å². The van der Waals surface area contributed by atoms with Gasteiger partial charge in [-0.3, -0.25) is 0 Å². The Balaban J connectivity index is 2.88. The number of benzene rings is 1. The molecule has 0 atom stereocenters. The van der Waals surface area contributed by atoms with Crippen molar-refractivity contribution in [3.63, 3.8) is 0 Å². The summed E-state index contributed by atoms with van der Waals surface area (Å²) in [6.45, 7) is 5.88. The van der Waals surface area contributed by atoms with Gasteiger partial charge < -0.3 is 6.92 Å². The van der Waals surface area contributed by atoms with Crippen LogP contribution in [0.1, 0.15) is 11.1 Å². The molecule has 0 bridgehead atoms. The average molecular weight is 119 g/mol. The molecular weight excluding hydrogens is 108 g/mol. The smallest absolute Gasteiger partial charge is 0.0398 e. The van der Waals surface area contributed by atoms with Crippen LogP contribution in [0.2, 0.25) is 0 Å². The van der Waals surface area contributed by atoms with E-state index >= 15 is 0 Å². The molecule has 0 aromatic heterocycles. The molecular formula is C9H11-. The third-order valence-corrected chi connectivity index (χ3v) is 1.41. The molecule has 0 heteroatoms. The van der Waals surface area contributed by atoms with Crippen molar-refractivity contribution >= 4 is 0 Å². The summed E-state index contributed by atoms with van der Waals surface area (Å²) < 4.78 is 0. The molecule has 0 fully saturated rings. The largest absolute Gasteiger partial charge is 0.339 e. The highest BCUT2D eigenvalue weighted by molar-refractivity contribution is 5.21. The van der Waals surface area contributed by atoms with Gasteiger partial charge in [-0.25, -0.2) is 0 Å². The normalized spacial score (nSPS) is 9.56. The predicted molar refractivity (Wildman–Crippen MR) is 40.2 cm³/mol. The third kappa shape index (κ3) is 1.56. The Morgan fingerprint density at radius 3 is 2.22 bits per heavy atom. The summed E-state index contributed by atoms with van der Waals surface area (Å²) in [5.74, 6) is 0. The summed E-state index contributed by atoms with van der Waals surface area (Å²) in [5.41, 5.74) is 2.62. The van der Waals surface area contributed by atoms with Crippen LogP contribution in [0.5, 0.6) is 0 Å². The van der Waals surface area contributed by atoms with Gasteiger partial charge in [-0.05, 0) is 6.92 Å². The lowest BCUT2D eigenvalue weighted by Gasteiger charge is -1.98. The molecule has 0 aliphatic carbocycles. The monoisotopic (exact) mass is 119 g/mol. The van der Waals surface area contributed by atoms with Crippen LogP contribution >= 0.6 is 0 Å². The van der Waals surface area contributed by atoms with Crippen LogP contribution in [0.3, 0.4) is 0 Å². The van der Waals surface area contributed by atoms with Crippen molar-refractivity contribution in [3.8, 4) is 0 Å². The molecule has 0 saturated carbocycles. The number of hydrogen-bond donors (Lipinski definition) is 0. The highest BCUT2D eigenvalue weighted by Gasteiger charge is 1.81. The van der Waals surface area contributed by atoms with E-state index in [2.05, 4.69) is 38.1 Å². The number of hydrogen-bond acceptors (Lipinski definition) is 0. The minimum atomic E-state index is 0.889. The van der Waals surface area contributed by atoms with Crippen molar-refractivity contribution in [3.05, 3.63) is 42.3 Å². The van der Waals surface area contributed by atoms with Gasteiger partial charge in [-0.15, -0.1) is 0 Å². The van der Waals surface area contributed by atoms with E-state index in [0.717, 1.165) is 6.42 Å². The van der Waals surface area contributed by atoms with Gasteiger partial charge in [0.1, 0.15) is 0 Å². The first-order valence-corrected chi connectivity index (χ1v) is 3.17. The molecule has 0 unspecified atom stereocenters. The first kappa shape index (κ1) is 6.34. The molecule has 0 saturated heterocycles. The average Bonchev–Trinajstić information content (AvgIpc) is 1.90. The van der Waals surface area contributed by atoms with Crippen molar-refractivity contribution in [2.75, 3.05) is 0 Å². The van der Waals surface area contributed by atoms with Crippen molar-refractivity contribution in [2.24, 2.45) is 0 Å². The number of rotatable bonds is 1. The summed E-state index contributed by atoms with van der Waals surface area (Å²) in [4.78, 5) is 0. The van der Waals surface area contributed by atoms with E-state index in [9.17, 15) is 0 Å². The van der Waals surface area contributed by atoms with Gasteiger partial charge in [0.2, 0.25) is 0 Å². The van der Waals surface area contributed by atoms with Gasteiger partial charge in [0.15, 0.2) is 0 Å². The van der Waals surface area contributed by atoms with Crippen molar-refractivity contribution in [1.82, 2.24) is 0 Å². The molecule has 0 N–H and O–H groups in total. The molecule has 0 radical (unpaired) electrons. The molecule has 0 aliphatic rings. The minimum absolute atomic E-state index is 0.889. The van der Waals surface area contributed by atoms with E-state index in [1.165, 1.54) is 11.1 Å². The fraction of sp³-hybridized carbons (Fsp3) is 0.222. The zero-order valence-electron chi connectivity index (χ0n) is 5.72. The Morgan fingerprint density at radius 1 is 1.22 bits per heavy atom. The summed E-state index contributed by atoms with van der Waals surface area (Å²) in [5, 5.41) is 0. The fourth-order valence-electron chi connectivity index (χ4n) is 0.755. The Kier molecular flexibility index (Phi) is 1.88. The minimum Gasteiger partial charge on any atom is -0.339 e. The summed E-state index contributed by atoms with van der Waals surface area (Å²) in [7, 11) is 0. The van der Waals surface area contributed by atoms with Gasteiger partial charge in [-0.1, -0.05) is 35.4 Å². The maximum Gasteiger partial charge on any atom is -0.0398 e. The Labute approximate surface area is 56.5 Å². The lowest BCUT2D eigenvalue weighted by molar-refractivity contribution is 1.26. The quantitative estimate of drug-likeness (QED) is 0.498. The zero-order chi connectivity index (χ0) is 6.69. The zero-order valence-corrected chi connectivity index (χ0v) is 5.72. The first-order valence-electron chi connectivity index (χ1n) is 3.17. The molecule has 48 valence electrons. The highest BCUT2D eigenvalue weighted by atomic mass is 13.9. The van der Waals surface area contributed by atoms with E-state index in [-0.39, 0.29) is 0 Å². The standard InChI is InChI=1S/C9H11/c1-3-9-6-4-8(2)5-7-9/h4-7H,1,3H2,2H3/q-1. The van der Waals surface area contributed by atoms with Crippen LogP contribution in [0.25, 0.3) is 0 Å². The fourth-order valence-corrected chi connectivity index (χ4v) is 0.755. The molecule has 0 nitrogen and oxygen atoms in total. The molecule has 0 heterocycles. The maximum absolute atomic E-state index is 3.79. The van der Waals surface area contributed by atoms with E-state index in [0.29, 0.717) is 0 Å². The van der Waals surface area contributed by atoms with E-state index in [1.54, 1.807) is 0 Å². The molecule has 1 rings (SSSR count). The van der Waals surface area contributed by atoms with Gasteiger partial charge in [0.05, 0.1) is 0 Å². The van der Waals surface area contributed by atoms with Gasteiger partial charge in [0.25, 0.3) is 0 Å². The maximum atomic E-state index is 3.79. The number of aryl methyl sites for hydroxylation is 1. The van der Waals surface area contributed by atoms with Crippen LogP contribution in [-0.2, 0) is 6.42 Å². The second-order valence-electron chi connectivity index (χ2n) is 2.24. The lowest BCUT2D eigenvalue weighted by Crippen LogP contribution is -1.78. The lowest BCUT2D eigenvalue weighted by atomic mass is 10.1. The summed E-state index contributed by atoms with van der Waals surface area (Å²) in [6.07, 6.45) is 0.889. The topological polar surface area (TPSA) is 0 Å². The predicted octanol–water partition coefficient (Wildman–Crippen LogP) is 2.37. The second kappa shape index (κ2) is 2.67. The van der Waals surface area contributed by atoms with Gasteiger partial charge in [-0.2, -0.15) is 6.42 Å². The van der Waals surface area contributed by atoms with Crippen molar-refractivity contribution in [1.29, 1.82) is 0 Å². The first-order chi connectivity index (χ1) is 4.33. The molecule has 1 aromatic carbocycles. The van der Waals surface area contributed by atoms with Gasteiger partial charge >= 0.3 is 0 Å². The molecule has 1 aromatic rings. The molecule has 9 heavy (non-hydrogen) atoms. The van der Waals surface area contributed by atoms with Crippen LogP contribution in [0.4, 0.5) is 0 Å². The Bertz CT molecular complexity index is 172. The van der Waals surface area contributed by atoms with Crippen LogP contribution in [-0.4, -0.2) is 0 Å².